The number of hydrogen-bond acceptors (Lipinski definition) is 3. The molecule has 0 fully saturated rings. The quantitative estimate of drug-likeness (QED) is 0.866. The Bertz CT molecular complexity index is 510. The fourth-order valence-electron chi connectivity index (χ4n) is 1.64. The molecule has 96 valence electrons. The highest BCUT2D eigenvalue weighted by atomic mass is 79.9. The van der Waals surface area contributed by atoms with Gasteiger partial charge in [-0.25, -0.2) is 8.42 Å². The number of benzene rings is 1. The lowest BCUT2D eigenvalue weighted by molar-refractivity contribution is 0.445. The number of nitrogens with zero attached hydrogens (tertiary/aromatic N) is 1. The van der Waals surface area contributed by atoms with E-state index in [1.807, 2.05) is 13.8 Å². The third kappa shape index (κ3) is 2.81. The zero-order valence-corrected chi connectivity index (χ0v) is 12.6. The van der Waals surface area contributed by atoms with Gasteiger partial charge in [0.2, 0.25) is 10.0 Å². The molecule has 17 heavy (non-hydrogen) atoms. The Morgan fingerprint density at radius 3 is 2.29 bits per heavy atom. The summed E-state index contributed by atoms with van der Waals surface area (Å²) in [6.45, 7) is 6.25. The number of nitrogens with two attached hydrogens (primary N) is 1. The van der Waals surface area contributed by atoms with E-state index >= 15 is 0 Å². The van der Waals surface area contributed by atoms with Crippen LogP contribution in [0.25, 0.3) is 0 Å². The van der Waals surface area contributed by atoms with Gasteiger partial charge in [-0.15, -0.1) is 0 Å². The Kier molecular flexibility index (Phi) is 4.57. The predicted octanol–water partition coefficient (Wildman–Crippen LogP) is 2.37. The van der Waals surface area contributed by atoms with Gasteiger partial charge in [0, 0.05) is 23.2 Å². The van der Waals surface area contributed by atoms with Crippen LogP contribution >= 0.6 is 15.9 Å². The lowest BCUT2D eigenvalue weighted by atomic mass is 10.2. The first kappa shape index (κ1) is 14.5. The van der Waals surface area contributed by atoms with Crippen LogP contribution in [0.15, 0.2) is 21.5 Å². The summed E-state index contributed by atoms with van der Waals surface area (Å²) >= 11 is 3.27. The van der Waals surface area contributed by atoms with E-state index in [0.717, 1.165) is 0 Å². The average molecular weight is 321 g/mol. The zero-order chi connectivity index (χ0) is 13.2. The van der Waals surface area contributed by atoms with Crippen LogP contribution in [0.1, 0.15) is 19.4 Å². The molecular formula is C11H17BrN2O2S. The summed E-state index contributed by atoms with van der Waals surface area (Å²) in [5.41, 5.74) is 6.86. The van der Waals surface area contributed by atoms with E-state index in [1.165, 1.54) is 4.31 Å². The molecule has 0 heterocycles. The maximum Gasteiger partial charge on any atom is 0.243 e. The second-order valence-corrected chi connectivity index (χ2v) is 6.53. The molecule has 6 heteroatoms. The lowest BCUT2D eigenvalue weighted by Gasteiger charge is -2.20. The predicted molar refractivity (Wildman–Crippen MR) is 73.4 cm³/mol. The maximum absolute atomic E-state index is 12.4. The monoisotopic (exact) mass is 320 g/mol. The molecule has 0 aliphatic heterocycles. The lowest BCUT2D eigenvalue weighted by Crippen LogP contribution is -2.31. The van der Waals surface area contributed by atoms with Crippen molar-refractivity contribution in [3.8, 4) is 0 Å². The highest BCUT2D eigenvalue weighted by molar-refractivity contribution is 9.10. The number of sulfonamides is 1. The van der Waals surface area contributed by atoms with E-state index in [9.17, 15) is 8.42 Å². The van der Waals surface area contributed by atoms with Crippen molar-refractivity contribution >= 4 is 31.6 Å². The van der Waals surface area contributed by atoms with Crippen molar-refractivity contribution in [1.82, 2.24) is 4.31 Å². The molecule has 0 aliphatic rings. The minimum Gasteiger partial charge on any atom is -0.398 e. The molecular weight excluding hydrogens is 304 g/mol. The van der Waals surface area contributed by atoms with Gasteiger partial charge in [-0.2, -0.15) is 4.31 Å². The Hall–Kier alpha value is -0.590. The van der Waals surface area contributed by atoms with Crippen molar-refractivity contribution in [2.75, 3.05) is 18.8 Å². The first-order valence-corrected chi connectivity index (χ1v) is 7.63. The largest absolute Gasteiger partial charge is 0.398 e. The Morgan fingerprint density at radius 2 is 1.82 bits per heavy atom. The van der Waals surface area contributed by atoms with Crippen LogP contribution in [0, 0.1) is 6.92 Å². The number of rotatable bonds is 4. The topological polar surface area (TPSA) is 63.4 Å². The molecule has 0 saturated carbocycles. The van der Waals surface area contributed by atoms with Crippen LogP contribution in [-0.4, -0.2) is 25.8 Å². The maximum atomic E-state index is 12.4. The third-order valence-corrected chi connectivity index (χ3v) is 5.32. The van der Waals surface area contributed by atoms with Crippen LogP contribution in [0.2, 0.25) is 0 Å². The van der Waals surface area contributed by atoms with Gasteiger partial charge in [0.1, 0.15) is 0 Å². The normalized spacial score (nSPS) is 12.1. The molecule has 1 aromatic rings. The fraction of sp³-hybridized carbons (Fsp3) is 0.455. The van der Waals surface area contributed by atoms with Gasteiger partial charge >= 0.3 is 0 Å². The second kappa shape index (κ2) is 5.37. The molecule has 0 amide bonds. The summed E-state index contributed by atoms with van der Waals surface area (Å²) in [7, 11) is -3.45. The first-order valence-electron chi connectivity index (χ1n) is 5.40. The van der Waals surface area contributed by atoms with Crippen molar-refractivity contribution in [1.29, 1.82) is 0 Å². The minimum absolute atomic E-state index is 0.271. The van der Waals surface area contributed by atoms with Gasteiger partial charge in [-0.1, -0.05) is 29.8 Å². The summed E-state index contributed by atoms with van der Waals surface area (Å²) in [5.74, 6) is 0. The molecule has 0 aromatic heterocycles. The summed E-state index contributed by atoms with van der Waals surface area (Å²) in [6.07, 6.45) is 0. The van der Waals surface area contributed by atoms with Crippen LogP contribution in [0.3, 0.4) is 0 Å². The number of hydrogen-bond donors (Lipinski definition) is 1. The number of anilines is 1. The Morgan fingerprint density at radius 1 is 1.29 bits per heavy atom. The van der Waals surface area contributed by atoms with E-state index in [4.69, 9.17) is 5.73 Å². The van der Waals surface area contributed by atoms with Crippen LogP contribution < -0.4 is 5.73 Å². The first-order chi connectivity index (χ1) is 7.84. The van der Waals surface area contributed by atoms with Gasteiger partial charge in [-0.3, -0.25) is 0 Å². The van der Waals surface area contributed by atoms with Crippen molar-refractivity contribution in [3.05, 3.63) is 22.2 Å². The average Bonchev–Trinajstić information content (AvgIpc) is 2.24. The van der Waals surface area contributed by atoms with Crippen LogP contribution in [0.4, 0.5) is 5.69 Å². The fourth-order valence-corrected chi connectivity index (χ4v) is 4.01. The molecule has 0 atom stereocenters. The molecule has 0 unspecified atom stereocenters. The molecule has 4 nitrogen and oxygen atoms in total. The Labute approximate surface area is 111 Å². The standard InChI is InChI=1S/C11H17BrN2O2S/c1-4-14(5-2)17(15,16)11-7-9(12)6-10(13)8(11)3/h6-7H,4-5,13H2,1-3H3. The highest BCUT2D eigenvalue weighted by Crippen LogP contribution is 2.28. The molecule has 0 bridgehead atoms. The molecule has 0 saturated heterocycles. The number of nitrogen functional groups attached to an aromatic ring is 1. The van der Waals surface area contributed by atoms with Crippen LogP contribution in [-0.2, 0) is 10.0 Å². The van der Waals surface area contributed by atoms with Gasteiger partial charge in [0.25, 0.3) is 0 Å². The van der Waals surface area contributed by atoms with Crippen molar-refractivity contribution < 1.29 is 8.42 Å². The van der Waals surface area contributed by atoms with Crippen molar-refractivity contribution in [2.45, 2.75) is 25.7 Å². The SMILES string of the molecule is CCN(CC)S(=O)(=O)c1cc(Br)cc(N)c1C. The van der Waals surface area contributed by atoms with E-state index < -0.39 is 10.0 Å². The van der Waals surface area contributed by atoms with E-state index in [2.05, 4.69) is 15.9 Å². The second-order valence-electron chi connectivity index (χ2n) is 3.71. The molecule has 1 aromatic carbocycles. The van der Waals surface area contributed by atoms with E-state index in [0.29, 0.717) is 28.8 Å². The Balaban J connectivity index is 3.43. The summed E-state index contributed by atoms with van der Waals surface area (Å²) in [4.78, 5) is 0.271. The van der Waals surface area contributed by atoms with Gasteiger partial charge in [0.05, 0.1) is 4.90 Å². The van der Waals surface area contributed by atoms with Gasteiger partial charge < -0.3 is 5.73 Å². The summed E-state index contributed by atoms with van der Waals surface area (Å²) < 4.78 is 26.8. The van der Waals surface area contributed by atoms with Gasteiger partial charge in [0.15, 0.2) is 0 Å². The van der Waals surface area contributed by atoms with Crippen LogP contribution in [0.5, 0.6) is 0 Å². The van der Waals surface area contributed by atoms with Gasteiger partial charge in [-0.05, 0) is 24.6 Å². The van der Waals surface area contributed by atoms with E-state index in [1.54, 1.807) is 19.1 Å². The molecule has 0 aliphatic carbocycles. The molecule has 0 radical (unpaired) electrons. The van der Waals surface area contributed by atoms with Crippen molar-refractivity contribution in [3.63, 3.8) is 0 Å². The van der Waals surface area contributed by atoms with Crippen molar-refractivity contribution in [2.24, 2.45) is 0 Å². The summed E-state index contributed by atoms with van der Waals surface area (Å²) in [5, 5.41) is 0. The smallest absolute Gasteiger partial charge is 0.243 e. The summed E-state index contributed by atoms with van der Waals surface area (Å²) in [6, 6.07) is 3.30. The highest BCUT2D eigenvalue weighted by Gasteiger charge is 2.24. The minimum atomic E-state index is -3.45. The molecule has 0 spiro atoms. The molecule has 2 N–H and O–H groups in total. The number of halogens is 1. The molecule has 1 rings (SSSR count). The van der Waals surface area contributed by atoms with E-state index in [-0.39, 0.29) is 4.90 Å². The third-order valence-electron chi connectivity index (χ3n) is 2.69. The zero-order valence-electron chi connectivity index (χ0n) is 10.2.